The molecule has 4 rings (SSSR count). The predicted octanol–water partition coefficient (Wildman–Crippen LogP) is 7.27. The highest BCUT2D eigenvalue weighted by Crippen LogP contribution is 2.69. The molecule has 0 radical (unpaired) electrons. The molecule has 3 nitrogen and oxygen atoms in total. The van der Waals surface area contributed by atoms with Crippen LogP contribution >= 0.6 is 0 Å². The minimum absolute atomic E-state index is 0.174. The number of fused-ring (bicyclic) bond motifs is 5. The molecule has 0 aliphatic heterocycles. The van der Waals surface area contributed by atoms with Gasteiger partial charge in [-0.3, -0.25) is 0 Å². The SMILES string of the molecule is CC[C@H]1[C@@H](O)C2C3CC[C@H]([C@H](C)CO)[C@@]3(C)CCC2[C@@]2(C)CCC(O[Si](C)(C)C(C)(C)C)C[C@@H]12. The van der Waals surface area contributed by atoms with Crippen LogP contribution in [0.25, 0.3) is 0 Å². The van der Waals surface area contributed by atoms with Crippen LogP contribution in [0.2, 0.25) is 18.1 Å². The minimum Gasteiger partial charge on any atom is -0.414 e. The van der Waals surface area contributed by atoms with Gasteiger partial charge in [0.25, 0.3) is 0 Å². The summed E-state index contributed by atoms with van der Waals surface area (Å²) >= 11 is 0. The lowest BCUT2D eigenvalue weighted by molar-refractivity contribution is -0.202. The first-order valence-corrected chi connectivity index (χ1v) is 17.6. The van der Waals surface area contributed by atoms with E-state index in [4.69, 9.17) is 4.43 Å². The van der Waals surface area contributed by atoms with Gasteiger partial charge >= 0.3 is 0 Å². The van der Waals surface area contributed by atoms with Crippen LogP contribution in [0.15, 0.2) is 0 Å². The fourth-order valence-corrected chi connectivity index (χ4v) is 11.1. The number of rotatable bonds is 5. The quantitative estimate of drug-likeness (QED) is 0.397. The smallest absolute Gasteiger partial charge is 0.192 e. The normalized spacial score (nSPS) is 48.1. The Labute approximate surface area is 212 Å². The van der Waals surface area contributed by atoms with E-state index in [-0.39, 0.29) is 16.6 Å². The average molecular weight is 493 g/mol. The molecule has 4 saturated carbocycles. The van der Waals surface area contributed by atoms with Crippen LogP contribution in [0.4, 0.5) is 0 Å². The van der Waals surface area contributed by atoms with Crippen molar-refractivity contribution in [1.82, 2.24) is 0 Å². The fraction of sp³-hybridized carbons (Fsp3) is 1.00. The maximum absolute atomic E-state index is 12.0. The van der Waals surface area contributed by atoms with Crippen LogP contribution in [-0.2, 0) is 4.43 Å². The predicted molar refractivity (Wildman–Crippen MR) is 144 cm³/mol. The first-order chi connectivity index (χ1) is 15.7. The van der Waals surface area contributed by atoms with Gasteiger partial charge in [0.2, 0.25) is 0 Å². The van der Waals surface area contributed by atoms with Gasteiger partial charge in [-0.2, -0.15) is 0 Å². The van der Waals surface area contributed by atoms with Gasteiger partial charge in [0.1, 0.15) is 0 Å². The molecule has 4 heteroatoms. The monoisotopic (exact) mass is 492 g/mol. The van der Waals surface area contributed by atoms with Crippen molar-refractivity contribution >= 4 is 8.32 Å². The summed E-state index contributed by atoms with van der Waals surface area (Å²) in [5.74, 6) is 3.66. The molecule has 2 N–H and O–H groups in total. The first-order valence-electron chi connectivity index (χ1n) is 14.7. The van der Waals surface area contributed by atoms with Crippen LogP contribution in [-0.4, -0.2) is 37.3 Å². The molecule has 0 heterocycles. The molecule has 0 aromatic rings. The van der Waals surface area contributed by atoms with Gasteiger partial charge in [-0.25, -0.2) is 0 Å². The van der Waals surface area contributed by atoms with Gasteiger partial charge in [0.15, 0.2) is 8.32 Å². The van der Waals surface area contributed by atoms with E-state index in [1.165, 1.54) is 38.5 Å². The van der Waals surface area contributed by atoms with Gasteiger partial charge in [-0.05, 0) is 115 Å². The Balaban J connectivity index is 1.60. The molecule has 0 saturated heterocycles. The second kappa shape index (κ2) is 9.13. The Morgan fingerprint density at radius 2 is 1.59 bits per heavy atom. The van der Waals surface area contributed by atoms with Crippen molar-refractivity contribution in [2.45, 2.75) is 130 Å². The highest BCUT2D eigenvalue weighted by molar-refractivity contribution is 6.74. The van der Waals surface area contributed by atoms with Crippen molar-refractivity contribution in [2.75, 3.05) is 6.61 Å². The van der Waals surface area contributed by atoms with Gasteiger partial charge in [0, 0.05) is 12.7 Å². The van der Waals surface area contributed by atoms with Gasteiger partial charge in [-0.1, -0.05) is 54.9 Å². The standard InChI is InChI=1S/C30H56O3Si/c1-10-21-25-17-20(33-34(8,9)28(3,4)5)13-15-30(25,7)24-14-16-29(6)22(19(2)18-31)11-12-23(29)26(24)27(21)32/h19-27,31-32H,10-18H2,1-9H3/t19-,20?,21-,22-,23?,24?,25+,26?,27-,29-,30-/m1/s1. The van der Waals surface area contributed by atoms with Crippen LogP contribution < -0.4 is 0 Å². The minimum atomic E-state index is -1.79. The molecule has 4 unspecified atom stereocenters. The maximum atomic E-state index is 12.0. The summed E-state index contributed by atoms with van der Waals surface area (Å²) in [6, 6.07) is 0. The summed E-state index contributed by atoms with van der Waals surface area (Å²) in [7, 11) is -1.79. The Morgan fingerprint density at radius 3 is 2.18 bits per heavy atom. The molecule has 11 atom stereocenters. The summed E-state index contributed by atoms with van der Waals surface area (Å²) < 4.78 is 6.97. The first kappa shape index (κ1) is 27.1. The van der Waals surface area contributed by atoms with Crippen molar-refractivity contribution in [3.8, 4) is 0 Å². The molecule has 0 aromatic heterocycles. The van der Waals surface area contributed by atoms with Crippen molar-refractivity contribution < 1.29 is 14.6 Å². The van der Waals surface area contributed by atoms with Crippen molar-refractivity contribution in [3.05, 3.63) is 0 Å². The molecule has 0 bridgehead atoms. The molecular weight excluding hydrogens is 436 g/mol. The Hall–Kier alpha value is 0.0969. The third kappa shape index (κ3) is 4.09. The number of aliphatic hydroxyl groups excluding tert-OH is 2. The topological polar surface area (TPSA) is 49.7 Å². The molecule has 0 spiro atoms. The van der Waals surface area contributed by atoms with Crippen LogP contribution in [0.3, 0.4) is 0 Å². The Morgan fingerprint density at radius 1 is 0.971 bits per heavy atom. The molecule has 34 heavy (non-hydrogen) atoms. The maximum Gasteiger partial charge on any atom is 0.192 e. The van der Waals surface area contributed by atoms with E-state index in [9.17, 15) is 10.2 Å². The molecule has 0 amide bonds. The number of hydrogen-bond acceptors (Lipinski definition) is 3. The number of hydrogen-bond donors (Lipinski definition) is 2. The van der Waals surface area contributed by atoms with E-state index in [0.29, 0.717) is 59.6 Å². The van der Waals surface area contributed by atoms with Crippen molar-refractivity contribution in [1.29, 1.82) is 0 Å². The summed E-state index contributed by atoms with van der Waals surface area (Å²) in [5.41, 5.74) is 0.619. The molecular formula is C30H56O3Si. The zero-order valence-corrected chi connectivity index (χ0v) is 24.9. The van der Waals surface area contributed by atoms with E-state index in [0.717, 1.165) is 12.8 Å². The zero-order valence-electron chi connectivity index (χ0n) is 23.9. The highest BCUT2D eigenvalue weighted by atomic mass is 28.4. The van der Waals surface area contributed by atoms with Gasteiger partial charge in [0.05, 0.1) is 6.10 Å². The third-order valence-electron chi connectivity index (χ3n) is 12.7. The third-order valence-corrected chi connectivity index (χ3v) is 17.2. The molecule has 198 valence electrons. The van der Waals surface area contributed by atoms with Crippen molar-refractivity contribution in [2.24, 2.45) is 52.3 Å². The van der Waals surface area contributed by atoms with Crippen LogP contribution in [0.1, 0.15) is 99.8 Å². The van der Waals surface area contributed by atoms with Gasteiger partial charge in [-0.15, -0.1) is 0 Å². The lowest BCUT2D eigenvalue weighted by Crippen LogP contribution is -2.62. The van der Waals surface area contributed by atoms with E-state index >= 15 is 0 Å². The molecule has 4 aliphatic carbocycles. The molecule has 4 aliphatic rings. The van der Waals surface area contributed by atoms with Crippen LogP contribution in [0, 0.1) is 52.3 Å². The highest BCUT2D eigenvalue weighted by Gasteiger charge is 2.65. The fourth-order valence-electron chi connectivity index (χ4n) is 9.74. The summed E-state index contributed by atoms with van der Waals surface area (Å²) in [4.78, 5) is 0. The number of aliphatic hydroxyl groups is 2. The zero-order chi connectivity index (χ0) is 25.3. The average Bonchev–Trinajstić information content (AvgIpc) is 3.10. The van der Waals surface area contributed by atoms with E-state index in [1.807, 2.05) is 0 Å². The van der Waals surface area contributed by atoms with Crippen LogP contribution in [0.5, 0.6) is 0 Å². The second-order valence-corrected chi connectivity index (χ2v) is 19.9. The lowest BCUT2D eigenvalue weighted by atomic mass is 9.41. The van der Waals surface area contributed by atoms with E-state index in [1.54, 1.807) is 0 Å². The largest absolute Gasteiger partial charge is 0.414 e. The van der Waals surface area contributed by atoms with E-state index in [2.05, 4.69) is 61.6 Å². The van der Waals surface area contributed by atoms with Gasteiger partial charge < -0.3 is 14.6 Å². The summed E-state index contributed by atoms with van der Waals surface area (Å²) in [5, 5.41) is 22.2. The van der Waals surface area contributed by atoms with E-state index < -0.39 is 8.32 Å². The summed E-state index contributed by atoms with van der Waals surface area (Å²) in [6.45, 7) is 21.8. The second-order valence-electron chi connectivity index (χ2n) is 15.1. The lowest BCUT2D eigenvalue weighted by Gasteiger charge is -2.65. The molecule has 0 aromatic carbocycles. The Kier molecular flexibility index (Phi) is 7.29. The Bertz CT molecular complexity index is 731. The van der Waals surface area contributed by atoms with Crippen molar-refractivity contribution in [3.63, 3.8) is 0 Å². The summed E-state index contributed by atoms with van der Waals surface area (Å²) in [6.07, 6.45) is 9.91. The molecule has 4 fully saturated rings.